The van der Waals surface area contributed by atoms with Crippen molar-refractivity contribution in [1.82, 2.24) is 0 Å². The second-order valence-electron chi connectivity index (χ2n) is 11.1. The molecule has 0 saturated heterocycles. The summed E-state index contributed by atoms with van der Waals surface area (Å²) in [4.78, 5) is 52.7. The first-order valence-electron chi connectivity index (χ1n) is 13.1. The monoisotopic (exact) mass is 646 g/mol. The van der Waals surface area contributed by atoms with Crippen LogP contribution in [0.25, 0.3) is 21.5 Å². The normalized spacial score (nSPS) is 23.4. The van der Waals surface area contributed by atoms with Gasteiger partial charge in [0, 0.05) is 8.95 Å². The lowest BCUT2D eigenvalue weighted by Gasteiger charge is -2.39. The first-order chi connectivity index (χ1) is 19.4. The van der Waals surface area contributed by atoms with Gasteiger partial charge in [-0.05, 0) is 122 Å². The number of carbonyl (C=O) groups excluding carboxylic acids is 4. The molecule has 6 aliphatic carbocycles. The van der Waals surface area contributed by atoms with Crippen LogP contribution in [-0.4, -0.2) is 23.1 Å². The van der Waals surface area contributed by atoms with Gasteiger partial charge in [0.15, 0.2) is 0 Å². The first kappa shape index (κ1) is 23.0. The van der Waals surface area contributed by atoms with Crippen LogP contribution in [0.3, 0.4) is 0 Å². The molecule has 0 N–H and O–H groups in total. The Morgan fingerprint density at radius 2 is 0.600 bits per heavy atom. The molecule has 0 saturated carbocycles. The Morgan fingerprint density at radius 1 is 0.375 bits per heavy atom. The second-order valence-corrected chi connectivity index (χ2v) is 12.7. The number of fused-ring (bicyclic) bond motifs is 4. The minimum absolute atomic E-state index is 0.349. The molecular weight excluding hydrogens is 632 g/mol. The summed E-state index contributed by atoms with van der Waals surface area (Å²) in [6, 6.07) is 23.7. The van der Waals surface area contributed by atoms with Crippen LogP contribution >= 0.6 is 31.9 Å². The largest absolute Gasteiger partial charge is 0.290 e. The number of halogens is 2. The van der Waals surface area contributed by atoms with E-state index in [2.05, 4.69) is 31.9 Å². The number of hydrogen-bond donors (Lipinski definition) is 0. The highest BCUT2D eigenvalue weighted by Gasteiger charge is 2.50. The molecule has 0 fully saturated rings. The van der Waals surface area contributed by atoms with E-state index in [1.54, 1.807) is 0 Å². The summed E-state index contributed by atoms with van der Waals surface area (Å²) in [6.07, 6.45) is 0. The number of rotatable bonds is 0. The number of ketones is 4. The summed E-state index contributed by atoms with van der Waals surface area (Å²) in [5, 5.41) is 3.69. The number of hydrogen-bond acceptors (Lipinski definition) is 4. The lowest BCUT2D eigenvalue weighted by atomic mass is 9.62. The fourth-order valence-electron chi connectivity index (χ4n) is 7.73. The van der Waals surface area contributed by atoms with E-state index in [0.29, 0.717) is 0 Å². The molecule has 40 heavy (non-hydrogen) atoms. The zero-order valence-electron chi connectivity index (χ0n) is 20.6. The molecule has 4 nitrogen and oxygen atoms in total. The van der Waals surface area contributed by atoms with Crippen molar-refractivity contribution in [3.05, 3.63) is 126 Å². The van der Waals surface area contributed by atoms with Gasteiger partial charge in [-0.15, -0.1) is 0 Å². The lowest BCUT2D eigenvalue weighted by molar-refractivity contribution is -0.138. The molecular formula is C34H16Br2O4. The van der Waals surface area contributed by atoms with Gasteiger partial charge < -0.3 is 0 Å². The summed E-state index contributed by atoms with van der Waals surface area (Å²) in [5.74, 6) is -3.81. The minimum Gasteiger partial charge on any atom is -0.290 e. The highest BCUT2D eigenvalue weighted by molar-refractivity contribution is 9.11. The topological polar surface area (TPSA) is 68.3 Å². The van der Waals surface area contributed by atoms with Gasteiger partial charge in [0.05, 0.1) is 23.7 Å². The van der Waals surface area contributed by atoms with Gasteiger partial charge >= 0.3 is 0 Å². The Hall–Kier alpha value is -3.74. The lowest BCUT2D eigenvalue weighted by Crippen LogP contribution is -2.40. The molecule has 6 heteroatoms. The van der Waals surface area contributed by atoms with E-state index in [0.717, 1.165) is 75.0 Å². The van der Waals surface area contributed by atoms with Crippen molar-refractivity contribution in [3.8, 4) is 0 Å². The van der Waals surface area contributed by atoms with Crippen molar-refractivity contribution in [2.45, 2.75) is 23.7 Å². The van der Waals surface area contributed by atoms with Gasteiger partial charge in [0.2, 0.25) is 23.1 Å². The molecule has 11 rings (SSSR count). The zero-order chi connectivity index (χ0) is 27.2. The van der Waals surface area contributed by atoms with Crippen molar-refractivity contribution in [2.24, 2.45) is 0 Å². The molecule has 5 aromatic rings. The third-order valence-electron chi connectivity index (χ3n) is 9.41. The quantitative estimate of drug-likeness (QED) is 0.134. The summed E-state index contributed by atoms with van der Waals surface area (Å²) >= 11 is 7.74. The van der Waals surface area contributed by atoms with Crippen LogP contribution in [0.2, 0.25) is 0 Å². The molecule has 0 amide bonds. The average molecular weight is 648 g/mol. The third-order valence-corrected chi connectivity index (χ3v) is 11.1. The molecule has 0 radical (unpaired) electrons. The number of benzene rings is 5. The van der Waals surface area contributed by atoms with Gasteiger partial charge in [-0.2, -0.15) is 0 Å². The first-order valence-corrected chi connectivity index (χ1v) is 14.7. The third kappa shape index (κ3) is 2.54. The van der Waals surface area contributed by atoms with Gasteiger partial charge in [0.1, 0.15) is 0 Å². The average Bonchev–Trinajstić information content (AvgIpc) is 2.97. The Balaban J connectivity index is 1.35. The maximum atomic E-state index is 13.2. The molecule has 4 bridgehead atoms. The Morgan fingerprint density at radius 3 is 0.825 bits per heavy atom. The molecule has 0 aromatic heterocycles. The summed E-state index contributed by atoms with van der Waals surface area (Å²) in [7, 11) is 0. The number of Topliss-reactive ketones (excluding diaryl/α,β-unsaturated/α-hetero) is 4. The molecule has 0 spiro atoms. The van der Waals surface area contributed by atoms with Gasteiger partial charge in [0.25, 0.3) is 0 Å². The van der Waals surface area contributed by atoms with Gasteiger partial charge in [-0.3, -0.25) is 19.2 Å². The summed E-state index contributed by atoms with van der Waals surface area (Å²) in [6.45, 7) is 0. The van der Waals surface area contributed by atoms with Crippen molar-refractivity contribution < 1.29 is 19.2 Å². The fraction of sp³-hybridized carbons (Fsp3) is 0.118. The van der Waals surface area contributed by atoms with Crippen LogP contribution in [-0.2, 0) is 19.2 Å². The molecule has 190 valence electrons. The van der Waals surface area contributed by atoms with Crippen LogP contribution in [0.1, 0.15) is 68.2 Å². The van der Waals surface area contributed by atoms with E-state index in [4.69, 9.17) is 0 Å². The maximum Gasteiger partial charge on any atom is 0.211 e. The maximum absolute atomic E-state index is 13.2. The minimum atomic E-state index is -0.603. The molecule has 0 heterocycles. The van der Waals surface area contributed by atoms with E-state index in [1.807, 2.05) is 72.8 Å². The van der Waals surface area contributed by atoms with Crippen LogP contribution in [0, 0.1) is 0 Å². The van der Waals surface area contributed by atoms with Crippen molar-refractivity contribution >= 4 is 76.5 Å². The van der Waals surface area contributed by atoms with Crippen LogP contribution in [0.15, 0.2) is 81.7 Å². The van der Waals surface area contributed by atoms with E-state index in [9.17, 15) is 19.2 Å². The van der Waals surface area contributed by atoms with E-state index < -0.39 is 23.7 Å². The standard InChI is InChI=1S/C34H16Br2O4/c35-29-21-9-17-18(26-14-6-2-1-5-13(14)25(17)31(37)32(26)38)10-22(21)30(36)24-12-20-19(11-23(24)29)27-15-7-3-4-8-16(15)28(20)34(40)33(27)39/h1-12,25-28H/t25-,26+,27-,28+. The van der Waals surface area contributed by atoms with E-state index in [1.165, 1.54) is 0 Å². The highest BCUT2D eigenvalue weighted by Crippen LogP contribution is 2.55. The summed E-state index contributed by atoms with van der Waals surface area (Å²) < 4.78 is 1.71. The Kier molecular flexibility index (Phi) is 4.32. The second kappa shape index (κ2) is 7.50. The molecule has 0 unspecified atom stereocenters. The Labute approximate surface area is 244 Å². The van der Waals surface area contributed by atoms with Gasteiger partial charge in [-0.1, -0.05) is 48.5 Å². The highest BCUT2D eigenvalue weighted by atomic mass is 79.9. The predicted octanol–water partition coefficient (Wildman–Crippen LogP) is 6.98. The van der Waals surface area contributed by atoms with Crippen LogP contribution in [0.5, 0.6) is 0 Å². The van der Waals surface area contributed by atoms with Crippen molar-refractivity contribution in [2.75, 3.05) is 0 Å². The summed E-state index contributed by atoms with van der Waals surface area (Å²) in [5.41, 5.74) is 7.13. The van der Waals surface area contributed by atoms with Crippen LogP contribution in [0.4, 0.5) is 0 Å². The fourth-order valence-corrected chi connectivity index (χ4v) is 9.04. The van der Waals surface area contributed by atoms with Gasteiger partial charge in [-0.25, -0.2) is 0 Å². The Bertz CT molecular complexity index is 1840. The van der Waals surface area contributed by atoms with Crippen molar-refractivity contribution in [3.63, 3.8) is 0 Å². The zero-order valence-corrected chi connectivity index (χ0v) is 23.8. The molecule has 4 atom stereocenters. The predicted molar refractivity (Wildman–Crippen MR) is 157 cm³/mol. The van der Waals surface area contributed by atoms with Crippen molar-refractivity contribution in [1.29, 1.82) is 0 Å². The van der Waals surface area contributed by atoms with Crippen LogP contribution < -0.4 is 0 Å². The van der Waals surface area contributed by atoms with E-state index in [-0.39, 0.29) is 23.1 Å². The number of carbonyl (C=O) groups is 4. The molecule has 5 aromatic carbocycles. The molecule has 0 aliphatic heterocycles. The smallest absolute Gasteiger partial charge is 0.211 e. The van der Waals surface area contributed by atoms with E-state index >= 15 is 0 Å². The SMILES string of the molecule is O=C1C(=O)[C@H]2c3ccccc3[C@@H]1c1cc3c(Br)c4cc5c(cc4c(Br)c3cc12)[C@H]1C(=O)C(=O)[C@@H]5c2ccccc21. The molecule has 6 aliphatic rings.